The number of aryl methyl sites for hydroxylation is 1. The maximum atomic E-state index is 6.01. The van der Waals surface area contributed by atoms with E-state index in [-0.39, 0.29) is 0 Å². The molecular weight excluding hydrogens is 272 g/mol. The van der Waals surface area contributed by atoms with Gasteiger partial charge in [0, 0.05) is 22.3 Å². The zero-order valence-electron chi connectivity index (χ0n) is 10.9. The van der Waals surface area contributed by atoms with Crippen LogP contribution in [-0.4, -0.2) is 4.98 Å². The first-order valence-corrected chi connectivity index (χ1v) is 6.59. The predicted octanol–water partition coefficient (Wildman–Crippen LogP) is 4.57. The van der Waals surface area contributed by atoms with Gasteiger partial charge in [0.25, 0.3) is 0 Å². The van der Waals surface area contributed by atoms with Crippen LogP contribution in [0.5, 0.6) is 11.5 Å². The molecule has 0 fully saturated rings. The van der Waals surface area contributed by atoms with Crippen molar-refractivity contribution >= 4 is 28.2 Å². The number of nitrogens with two attached hydrogens (primary N) is 1. The second kappa shape index (κ2) is 5.02. The number of fused-ring (bicyclic) bond motifs is 1. The highest BCUT2D eigenvalue weighted by Crippen LogP contribution is 2.32. The van der Waals surface area contributed by atoms with E-state index < -0.39 is 0 Å². The maximum absolute atomic E-state index is 6.01. The Morgan fingerprint density at radius 2 is 1.90 bits per heavy atom. The summed E-state index contributed by atoms with van der Waals surface area (Å²) >= 11 is 6.01. The summed E-state index contributed by atoms with van der Waals surface area (Å²) in [6, 6.07) is 13.0. The molecule has 0 aliphatic carbocycles. The highest BCUT2D eigenvalue weighted by molar-refractivity contribution is 6.30. The van der Waals surface area contributed by atoms with E-state index in [0.717, 1.165) is 28.0 Å². The molecule has 2 aromatic carbocycles. The van der Waals surface area contributed by atoms with Gasteiger partial charge in [0.2, 0.25) is 0 Å². The van der Waals surface area contributed by atoms with E-state index in [9.17, 15) is 0 Å². The fourth-order valence-electron chi connectivity index (χ4n) is 2.03. The van der Waals surface area contributed by atoms with Gasteiger partial charge in [-0.15, -0.1) is 0 Å². The quantitative estimate of drug-likeness (QED) is 0.701. The maximum Gasteiger partial charge on any atom is 0.138 e. The van der Waals surface area contributed by atoms with Gasteiger partial charge in [-0.2, -0.15) is 0 Å². The number of rotatable bonds is 2. The van der Waals surface area contributed by atoms with Crippen molar-refractivity contribution < 1.29 is 4.74 Å². The van der Waals surface area contributed by atoms with Crippen LogP contribution in [0.15, 0.2) is 48.7 Å². The summed E-state index contributed by atoms with van der Waals surface area (Å²) in [6.45, 7) is 1.98. The van der Waals surface area contributed by atoms with Crippen LogP contribution in [0.25, 0.3) is 10.9 Å². The average Bonchev–Trinajstić information content (AvgIpc) is 2.43. The Morgan fingerprint density at radius 3 is 2.75 bits per heavy atom. The van der Waals surface area contributed by atoms with Crippen molar-refractivity contribution in [3.05, 3.63) is 59.2 Å². The molecule has 1 aromatic heterocycles. The third kappa shape index (κ3) is 2.40. The number of ether oxygens (including phenoxy) is 1. The van der Waals surface area contributed by atoms with E-state index in [1.807, 2.05) is 43.3 Å². The lowest BCUT2D eigenvalue weighted by molar-refractivity contribution is 0.484. The van der Waals surface area contributed by atoms with Crippen molar-refractivity contribution in [2.75, 3.05) is 5.73 Å². The lowest BCUT2D eigenvalue weighted by Gasteiger charge is -2.11. The zero-order valence-corrected chi connectivity index (χ0v) is 11.7. The molecule has 3 aromatic rings. The molecule has 0 saturated carbocycles. The Hall–Kier alpha value is -2.26. The van der Waals surface area contributed by atoms with Crippen LogP contribution in [0.3, 0.4) is 0 Å². The van der Waals surface area contributed by atoms with Crippen LogP contribution in [0.4, 0.5) is 5.69 Å². The van der Waals surface area contributed by atoms with Crippen molar-refractivity contribution in [2.45, 2.75) is 6.92 Å². The topological polar surface area (TPSA) is 48.1 Å². The molecule has 0 bridgehead atoms. The number of nitrogen functional groups attached to an aromatic ring is 1. The molecule has 0 saturated heterocycles. The summed E-state index contributed by atoms with van der Waals surface area (Å²) in [5.41, 5.74) is 8.28. The second-order valence-corrected chi connectivity index (χ2v) is 5.03. The first-order valence-electron chi connectivity index (χ1n) is 6.22. The summed E-state index contributed by atoms with van der Waals surface area (Å²) < 4.78 is 5.98. The first-order chi connectivity index (χ1) is 9.63. The van der Waals surface area contributed by atoms with Crippen LogP contribution in [0.2, 0.25) is 5.02 Å². The van der Waals surface area contributed by atoms with Gasteiger partial charge < -0.3 is 10.5 Å². The third-order valence-corrected chi connectivity index (χ3v) is 3.33. The fraction of sp³-hybridized carbons (Fsp3) is 0.0625. The molecule has 100 valence electrons. The van der Waals surface area contributed by atoms with Crippen LogP contribution in [0, 0.1) is 6.92 Å². The van der Waals surface area contributed by atoms with E-state index in [1.54, 1.807) is 12.3 Å². The summed E-state index contributed by atoms with van der Waals surface area (Å²) in [4.78, 5) is 4.30. The van der Waals surface area contributed by atoms with Crippen LogP contribution >= 0.6 is 11.6 Å². The van der Waals surface area contributed by atoms with Crippen LogP contribution in [0.1, 0.15) is 5.56 Å². The SMILES string of the molecule is Cc1ccc(Cl)cc1Oc1ccnc2cc(N)ccc12. The molecule has 2 N–H and O–H groups in total. The minimum absolute atomic E-state index is 0.646. The van der Waals surface area contributed by atoms with Gasteiger partial charge >= 0.3 is 0 Å². The van der Waals surface area contributed by atoms with Crippen molar-refractivity contribution in [1.82, 2.24) is 4.98 Å². The van der Waals surface area contributed by atoms with E-state index in [2.05, 4.69) is 4.98 Å². The number of aromatic nitrogens is 1. The Morgan fingerprint density at radius 1 is 1.05 bits per heavy atom. The van der Waals surface area contributed by atoms with E-state index in [4.69, 9.17) is 22.1 Å². The van der Waals surface area contributed by atoms with Crippen LogP contribution in [-0.2, 0) is 0 Å². The zero-order chi connectivity index (χ0) is 14.1. The highest BCUT2D eigenvalue weighted by atomic mass is 35.5. The Bertz CT molecular complexity index is 787. The molecule has 0 aliphatic rings. The molecule has 0 spiro atoms. The van der Waals surface area contributed by atoms with Gasteiger partial charge in [-0.25, -0.2) is 0 Å². The molecule has 1 heterocycles. The minimum Gasteiger partial charge on any atom is -0.456 e. The molecule has 4 heteroatoms. The van der Waals surface area contributed by atoms with E-state index in [1.165, 1.54) is 0 Å². The van der Waals surface area contributed by atoms with Crippen LogP contribution < -0.4 is 10.5 Å². The smallest absolute Gasteiger partial charge is 0.138 e. The molecule has 0 aliphatic heterocycles. The molecule has 0 atom stereocenters. The number of hydrogen-bond acceptors (Lipinski definition) is 3. The number of hydrogen-bond donors (Lipinski definition) is 1. The van der Waals surface area contributed by atoms with Gasteiger partial charge in [0.05, 0.1) is 5.52 Å². The fourth-order valence-corrected chi connectivity index (χ4v) is 2.19. The third-order valence-electron chi connectivity index (χ3n) is 3.10. The van der Waals surface area contributed by atoms with Crippen molar-refractivity contribution in [3.63, 3.8) is 0 Å². The number of nitrogens with zero attached hydrogens (tertiary/aromatic N) is 1. The van der Waals surface area contributed by atoms with Gasteiger partial charge in [-0.3, -0.25) is 4.98 Å². The van der Waals surface area contributed by atoms with Gasteiger partial charge in [-0.1, -0.05) is 17.7 Å². The summed E-state index contributed by atoms with van der Waals surface area (Å²) in [5, 5.41) is 1.56. The van der Waals surface area contributed by atoms with Crippen molar-refractivity contribution in [1.29, 1.82) is 0 Å². The normalized spacial score (nSPS) is 10.7. The van der Waals surface area contributed by atoms with Gasteiger partial charge in [0.15, 0.2) is 0 Å². The molecular formula is C16H13ClN2O. The molecule has 20 heavy (non-hydrogen) atoms. The molecule has 3 nitrogen and oxygen atoms in total. The van der Waals surface area contributed by atoms with Crippen molar-refractivity contribution in [2.24, 2.45) is 0 Å². The highest BCUT2D eigenvalue weighted by Gasteiger charge is 2.07. The Balaban J connectivity index is 2.09. The second-order valence-electron chi connectivity index (χ2n) is 4.60. The number of benzene rings is 2. The first kappa shape index (κ1) is 12.8. The summed E-state index contributed by atoms with van der Waals surface area (Å²) in [5.74, 6) is 1.47. The molecule has 0 unspecified atom stereocenters. The standard InChI is InChI=1S/C16H13ClN2O/c1-10-2-3-11(17)8-16(10)20-15-6-7-19-14-9-12(18)4-5-13(14)15/h2-9H,18H2,1H3. The molecule has 0 amide bonds. The minimum atomic E-state index is 0.646. The van der Waals surface area contributed by atoms with E-state index >= 15 is 0 Å². The average molecular weight is 285 g/mol. The molecule has 0 radical (unpaired) electrons. The summed E-state index contributed by atoms with van der Waals surface area (Å²) in [6.07, 6.45) is 1.71. The van der Waals surface area contributed by atoms with Crippen molar-refractivity contribution in [3.8, 4) is 11.5 Å². The molecule has 3 rings (SSSR count). The predicted molar refractivity (Wildman–Crippen MR) is 82.4 cm³/mol. The summed E-state index contributed by atoms with van der Waals surface area (Å²) in [7, 11) is 0. The monoisotopic (exact) mass is 284 g/mol. The van der Waals surface area contributed by atoms with Gasteiger partial charge in [-0.05, 0) is 48.9 Å². The number of pyridine rings is 1. The Kier molecular flexibility index (Phi) is 3.20. The van der Waals surface area contributed by atoms with E-state index in [0.29, 0.717) is 10.7 Å². The lowest BCUT2D eigenvalue weighted by Crippen LogP contribution is -1.91. The largest absolute Gasteiger partial charge is 0.456 e. The Labute approximate surface area is 122 Å². The van der Waals surface area contributed by atoms with Gasteiger partial charge in [0.1, 0.15) is 11.5 Å². The number of anilines is 1. The number of halogens is 1. The lowest BCUT2D eigenvalue weighted by atomic mass is 10.2.